The van der Waals surface area contributed by atoms with Gasteiger partial charge in [-0.3, -0.25) is 11.3 Å². The van der Waals surface area contributed by atoms with Crippen molar-refractivity contribution in [2.75, 3.05) is 13.2 Å². The van der Waals surface area contributed by atoms with Gasteiger partial charge in [-0.25, -0.2) is 13.2 Å². The number of halogens is 3. The molecule has 6 heteroatoms. The molecule has 1 aromatic rings. The summed E-state index contributed by atoms with van der Waals surface area (Å²) in [5.41, 5.74) is 2.58. The molecule has 0 spiro atoms. The fourth-order valence-corrected chi connectivity index (χ4v) is 1.36. The summed E-state index contributed by atoms with van der Waals surface area (Å²) >= 11 is 0. The van der Waals surface area contributed by atoms with Crippen LogP contribution in [-0.4, -0.2) is 13.2 Å². The standard InChI is InChI=1S/C11H15F3N2O/c1-2-3-17-6-10(16-15)7-4-8(12)11(14)9(13)5-7/h4-5,10,16H,2-3,6,15H2,1H3. The topological polar surface area (TPSA) is 47.3 Å². The number of benzene rings is 1. The largest absolute Gasteiger partial charge is 0.379 e. The molecule has 1 atom stereocenters. The highest BCUT2D eigenvalue weighted by Gasteiger charge is 2.16. The number of hydrazine groups is 1. The van der Waals surface area contributed by atoms with Crippen LogP contribution in [0.4, 0.5) is 13.2 Å². The minimum atomic E-state index is -1.49. The molecule has 3 nitrogen and oxygen atoms in total. The number of nitrogens with one attached hydrogen (secondary N) is 1. The highest BCUT2D eigenvalue weighted by Crippen LogP contribution is 2.19. The van der Waals surface area contributed by atoms with Gasteiger partial charge in [0.05, 0.1) is 12.6 Å². The molecule has 3 N–H and O–H groups in total. The zero-order valence-electron chi connectivity index (χ0n) is 9.47. The van der Waals surface area contributed by atoms with Crippen LogP contribution >= 0.6 is 0 Å². The third-order valence-corrected chi connectivity index (χ3v) is 2.24. The number of rotatable bonds is 6. The third-order valence-electron chi connectivity index (χ3n) is 2.24. The molecular weight excluding hydrogens is 233 g/mol. The molecule has 0 aromatic heterocycles. The van der Waals surface area contributed by atoms with Crippen molar-refractivity contribution in [3.05, 3.63) is 35.1 Å². The molecule has 0 aliphatic heterocycles. The first-order valence-corrected chi connectivity index (χ1v) is 5.28. The Labute approximate surface area is 97.7 Å². The number of nitrogens with two attached hydrogens (primary N) is 1. The first-order chi connectivity index (χ1) is 8.10. The fourth-order valence-electron chi connectivity index (χ4n) is 1.36. The summed E-state index contributed by atoms with van der Waals surface area (Å²) in [4.78, 5) is 0. The molecular formula is C11H15F3N2O. The van der Waals surface area contributed by atoms with Crippen molar-refractivity contribution < 1.29 is 17.9 Å². The second kappa shape index (κ2) is 6.58. The van der Waals surface area contributed by atoms with Gasteiger partial charge < -0.3 is 4.74 Å². The van der Waals surface area contributed by atoms with Crippen LogP contribution in [0.5, 0.6) is 0 Å². The molecule has 1 unspecified atom stereocenters. The number of hydrogen-bond donors (Lipinski definition) is 2. The fraction of sp³-hybridized carbons (Fsp3) is 0.455. The summed E-state index contributed by atoms with van der Waals surface area (Å²) in [7, 11) is 0. The van der Waals surface area contributed by atoms with E-state index in [-0.39, 0.29) is 12.2 Å². The van der Waals surface area contributed by atoms with Crippen molar-refractivity contribution in [2.24, 2.45) is 5.84 Å². The summed E-state index contributed by atoms with van der Waals surface area (Å²) in [6, 6.07) is 1.22. The van der Waals surface area contributed by atoms with Crippen LogP contribution in [-0.2, 0) is 4.74 Å². The van der Waals surface area contributed by atoms with E-state index >= 15 is 0 Å². The summed E-state index contributed by atoms with van der Waals surface area (Å²) < 4.78 is 44.0. The Morgan fingerprint density at radius 3 is 2.35 bits per heavy atom. The van der Waals surface area contributed by atoms with Crippen molar-refractivity contribution in [2.45, 2.75) is 19.4 Å². The number of hydrogen-bond acceptors (Lipinski definition) is 3. The number of ether oxygens (including phenoxy) is 1. The third kappa shape index (κ3) is 3.69. The van der Waals surface area contributed by atoms with Gasteiger partial charge in [0.15, 0.2) is 17.5 Å². The first-order valence-electron chi connectivity index (χ1n) is 5.28. The van der Waals surface area contributed by atoms with Crippen LogP contribution in [0, 0.1) is 17.5 Å². The van der Waals surface area contributed by atoms with E-state index in [1.165, 1.54) is 0 Å². The molecule has 0 aliphatic rings. The van der Waals surface area contributed by atoms with E-state index in [1.807, 2.05) is 6.92 Å². The lowest BCUT2D eigenvalue weighted by atomic mass is 10.1. The zero-order valence-corrected chi connectivity index (χ0v) is 9.47. The molecule has 0 amide bonds. The quantitative estimate of drug-likeness (QED) is 0.350. The zero-order chi connectivity index (χ0) is 12.8. The molecule has 0 bridgehead atoms. The molecule has 0 fully saturated rings. The van der Waals surface area contributed by atoms with Crippen molar-refractivity contribution >= 4 is 0 Å². The van der Waals surface area contributed by atoms with Crippen LogP contribution in [0.1, 0.15) is 24.9 Å². The van der Waals surface area contributed by atoms with Crippen LogP contribution in [0.3, 0.4) is 0 Å². The molecule has 0 radical (unpaired) electrons. The smallest absolute Gasteiger partial charge is 0.194 e. The Morgan fingerprint density at radius 2 is 1.88 bits per heavy atom. The molecule has 17 heavy (non-hydrogen) atoms. The molecule has 0 saturated heterocycles. The second-order valence-electron chi connectivity index (χ2n) is 3.59. The van der Waals surface area contributed by atoms with Gasteiger partial charge in [0.1, 0.15) is 0 Å². The molecule has 0 heterocycles. The van der Waals surface area contributed by atoms with Gasteiger partial charge in [0.2, 0.25) is 0 Å². The highest BCUT2D eigenvalue weighted by molar-refractivity contribution is 5.22. The Balaban J connectivity index is 2.81. The van der Waals surface area contributed by atoms with Crippen LogP contribution in [0.2, 0.25) is 0 Å². The summed E-state index contributed by atoms with van der Waals surface area (Å²) in [5.74, 6) is 1.29. The van der Waals surface area contributed by atoms with E-state index in [0.29, 0.717) is 6.61 Å². The lowest BCUT2D eigenvalue weighted by Crippen LogP contribution is -2.31. The maximum atomic E-state index is 13.0. The van der Waals surface area contributed by atoms with Crippen LogP contribution in [0.25, 0.3) is 0 Å². The van der Waals surface area contributed by atoms with E-state index < -0.39 is 23.5 Å². The van der Waals surface area contributed by atoms with Crippen LogP contribution < -0.4 is 11.3 Å². The van der Waals surface area contributed by atoms with E-state index in [4.69, 9.17) is 10.6 Å². The van der Waals surface area contributed by atoms with Crippen molar-refractivity contribution in [1.82, 2.24) is 5.43 Å². The lowest BCUT2D eigenvalue weighted by Gasteiger charge is -2.16. The van der Waals surface area contributed by atoms with Gasteiger partial charge in [-0.2, -0.15) is 0 Å². The molecule has 96 valence electrons. The Hall–Kier alpha value is -1.11. The minimum Gasteiger partial charge on any atom is -0.379 e. The SMILES string of the molecule is CCCOCC(NN)c1cc(F)c(F)c(F)c1. The molecule has 1 rings (SSSR count). The Morgan fingerprint density at radius 1 is 1.29 bits per heavy atom. The van der Waals surface area contributed by atoms with Gasteiger partial charge in [-0.1, -0.05) is 6.92 Å². The normalized spacial score (nSPS) is 12.8. The average Bonchev–Trinajstić information content (AvgIpc) is 2.31. The van der Waals surface area contributed by atoms with Gasteiger partial charge in [-0.15, -0.1) is 0 Å². The molecule has 0 aliphatic carbocycles. The van der Waals surface area contributed by atoms with E-state index in [1.54, 1.807) is 0 Å². The predicted molar refractivity (Wildman–Crippen MR) is 57.5 cm³/mol. The average molecular weight is 248 g/mol. The van der Waals surface area contributed by atoms with Crippen molar-refractivity contribution in [3.63, 3.8) is 0 Å². The van der Waals surface area contributed by atoms with E-state index in [0.717, 1.165) is 18.6 Å². The summed E-state index contributed by atoms with van der Waals surface area (Å²) in [6.45, 7) is 2.61. The monoisotopic (exact) mass is 248 g/mol. The Bertz CT molecular complexity index is 351. The molecule has 1 aromatic carbocycles. The Kier molecular flexibility index (Phi) is 5.40. The summed E-state index contributed by atoms with van der Waals surface area (Å²) in [5, 5.41) is 0. The highest BCUT2D eigenvalue weighted by atomic mass is 19.2. The van der Waals surface area contributed by atoms with Gasteiger partial charge >= 0.3 is 0 Å². The van der Waals surface area contributed by atoms with Crippen molar-refractivity contribution in [3.8, 4) is 0 Å². The van der Waals surface area contributed by atoms with Crippen LogP contribution in [0.15, 0.2) is 12.1 Å². The van der Waals surface area contributed by atoms with Crippen molar-refractivity contribution in [1.29, 1.82) is 0 Å². The van der Waals surface area contributed by atoms with Gasteiger partial charge in [0.25, 0.3) is 0 Å². The molecule has 0 saturated carbocycles. The minimum absolute atomic E-state index is 0.162. The van der Waals surface area contributed by atoms with E-state index in [2.05, 4.69) is 5.43 Å². The van der Waals surface area contributed by atoms with Gasteiger partial charge in [-0.05, 0) is 24.1 Å². The maximum absolute atomic E-state index is 13.0. The first kappa shape index (κ1) is 14.0. The second-order valence-corrected chi connectivity index (χ2v) is 3.59. The lowest BCUT2D eigenvalue weighted by molar-refractivity contribution is 0.112. The van der Waals surface area contributed by atoms with Gasteiger partial charge in [0, 0.05) is 6.61 Å². The van der Waals surface area contributed by atoms with E-state index in [9.17, 15) is 13.2 Å². The summed E-state index contributed by atoms with van der Waals surface area (Å²) in [6.07, 6.45) is 0.823. The maximum Gasteiger partial charge on any atom is 0.194 e. The predicted octanol–water partition coefficient (Wildman–Crippen LogP) is 2.03.